The van der Waals surface area contributed by atoms with Gasteiger partial charge in [-0.2, -0.15) is 0 Å². The van der Waals surface area contributed by atoms with E-state index >= 15 is 0 Å². The summed E-state index contributed by atoms with van der Waals surface area (Å²) in [6.07, 6.45) is 0.109. The molecule has 24 heteroatoms. The van der Waals surface area contributed by atoms with Gasteiger partial charge in [0.15, 0.2) is 28.6 Å². The number of hydrogen-bond acceptors (Lipinski definition) is 14. The molecule has 7 aromatic rings. The number of esters is 1. The van der Waals surface area contributed by atoms with E-state index in [1.54, 1.807) is 19.1 Å². The van der Waals surface area contributed by atoms with Crippen LogP contribution in [0.3, 0.4) is 0 Å². The average Bonchev–Trinajstić information content (AvgIpc) is 3.39. The number of benzene rings is 3. The van der Waals surface area contributed by atoms with E-state index < -0.39 is 94.4 Å². The van der Waals surface area contributed by atoms with Gasteiger partial charge in [-0.3, -0.25) is 43.0 Å². The van der Waals surface area contributed by atoms with Crippen LogP contribution in [0, 0.1) is 11.6 Å². The maximum Gasteiger partial charge on any atom is 0.522 e. The van der Waals surface area contributed by atoms with Crippen LogP contribution in [0.15, 0.2) is 112 Å². The highest BCUT2D eigenvalue weighted by Gasteiger charge is 2.34. The zero-order valence-electron chi connectivity index (χ0n) is 39.1. The standard InChI is InChI=1S/C28H21FN2O7.C23H18F4N4O6/c1-2-36-28(35)21-25(37-15-17-6-4-3-5-7-17)22-23-24(38-20(27(33)34)14-31(23)26(21)32)18(13-30-22)12-16-8-10-19(29)11-9-16;1-28-21(34)15-18(32)16-17-19(12(9-30-16)8-11-2-4-13(24)5-3-11)37-14(10-31(17)22(15)35)20(33)29-6-7-36-23(25,26)27/h3-11,13-14H,2,12,15H2,1H3,(H,33,34);2-5,9-10,32H,6-8H2,1H3,(H,28,34)(H,29,33). The summed E-state index contributed by atoms with van der Waals surface area (Å²) < 4.78 is 91.4. The second-order valence-electron chi connectivity index (χ2n) is 16.1. The third-order valence-electron chi connectivity index (χ3n) is 11.2. The van der Waals surface area contributed by atoms with Gasteiger partial charge >= 0.3 is 18.3 Å². The first-order chi connectivity index (χ1) is 35.9. The zero-order valence-corrected chi connectivity index (χ0v) is 39.1. The number of nitrogens with one attached hydrogen (secondary N) is 2. The molecule has 0 bridgehead atoms. The van der Waals surface area contributed by atoms with Gasteiger partial charge < -0.3 is 39.8 Å². The molecule has 6 heterocycles. The van der Waals surface area contributed by atoms with E-state index in [9.17, 15) is 60.9 Å². The molecule has 2 aliphatic heterocycles. The van der Waals surface area contributed by atoms with E-state index in [0.29, 0.717) is 22.3 Å². The largest absolute Gasteiger partial charge is 0.522 e. The second kappa shape index (κ2) is 21.7. The van der Waals surface area contributed by atoms with Gasteiger partial charge in [0.1, 0.15) is 45.9 Å². The number of aliphatic carboxylic acids is 1. The SMILES string of the molecule is CCOC(=O)c1c(OCc2ccccc2)c2ncc(Cc3ccc(F)cc3)c3c2n(c1=O)C=C(C(=O)O)O3.CNC(=O)c1c(O)c2ncc(Cc3ccc(F)cc3)c3c2n(c1=O)C=C(C(=O)NCCOC(F)(F)F)O3. The molecule has 0 saturated carbocycles. The van der Waals surface area contributed by atoms with Crippen molar-refractivity contribution in [1.29, 1.82) is 0 Å². The van der Waals surface area contributed by atoms with Gasteiger partial charge in [-0.25, -0.2) is 18.4 Å². The summed E-state index contributed by atoms with van der Waals surface area (Å²) in [6.45, 7) is 0.219. The minimum Gasteiger partial charge on any atom is -0.505 e. The number of carbonyl (C=O) groups is 4. The fourth-order valence-corrected chi connectivity index (χ4v) is 7.79. The Kier molecular flexibility index (Phi) is 15.0. The molecule has 3 aromatic carbocycles. The first kappa shape index (κ1) is 51.9. The highest BCUT2D eigenvalue weighted by molar-refractivity contribution is 6.05. The molecule has 0 unspecified atom stereocenters. The van der Waals surface area contributed by atoms with Crippen LogP contribution in [0.4, 0.5) is 22.0 Å². The minimum atomic E-state index is -4.88. The molecule has 75 heavy (non-hydrogen) atoms. The van der Waals surface area contributed by atoms with E-state index in [0.717, 1.165) is 27.1 Å². The number of aromatic nitrogens is 4. The lowest BCUT2D eigenvalue weighted by Gasteiger charge is -2.23. The molecule has 9 rings (SSSR count). The Labute approximate surface area is 418 Å². The Hall–Kier alpha value is -9.45. The van der Waals surface area contributed by atoms with Gasteiger partial charge in [0.2, 0.25) is 11.5 Å². The van der Waals surface area contributed by atoms with Crippen molar-refractivity contribution in [3.05, 3.63) is 174 Å². The smallest absolute Gasteiger partial charge is 0.505 e. The second-order valence-corrected chi connectivity index (χ2v) is 16.1. The first-order valence-electron chi connectivity index (χ1n) is 22.3. The summed E-state index contributed by atoms with van der Waals surface area (Å²) in [5.41, 5.74) is 0.00513. The van der Waals surface area contributed by atoms with Crippen molar-refractivity contribution in [3.63, 3.8) is 0 Å². The molecule has 386 valence electrons. The molecule has 0 radical (unpaired) electrons. The third-order valence-corrected chi connectivity index (χ3v) is 11.2. The van der Waals surface area contributed by atoms with E-state index in [1.165, 1.54) is 55.8 Å². The summed E-state index contributed by atoms with van der Waals surface area (Å²) in [4.78, 5) is 85.2. The van der Waals surface area contributed by atoms with Crippen LogP contribution in [0.5, 0.6) is 23.0 Å². The molecule has 0 atom stereocenters. The fourth-order valence-electron chi connectivity index (χ4n) is 7.79. The van der Waals surface area contributed by atoms with Gasteiger partial charge in [0.25, 0.3) is 22.9 Å². The van der Waals surface area contributed by atoms with Crippen molar-refractivity contribution >= 4 is 58.2 Å². The summed E-state index contributed by atoms with van der Waals surface area (Å²) in [6, 6.07) is 20.3. The van der Waals surface area contributed by atoms with E-state index in [1.807, 2.05) is 30.3 Å². The summed E-state index contributed by atoms with van der Waals surface area (Å²) in [5.74, 6) is -6.92. The fraction of sp³-hybridized carbons (Fsp3) is 0.176. The number of carbonyl (C=O) groups excluding carboxylic acids is 3. The van der Waals surface area contributed by atoms with Crippen LogP contribution < -0.4 is 36.0 Å². The van der Waals surface area contributed by atoms with E-state index in [-0.39, 0.29) is 65.4 Å². The molecule has 0 saturated heterocycles. The third kappa shape index (κ3) is 11.1. The Morgan fingerprint density at radius 2 is 1.25 bits per heavy atom. The van der Waals surface area contributed by atoms with Gasteiger partial charge in [0, 0.05) is 50.0 Å². The molecule has 0 aliphatic carbocycles. The number of pyridine rings is 4. The number of carboxylic acids is 1. The Morgan fingerprint density at radius 3 is 1.80 bits per heavy atom. The Balaban J connectivity index is 0.000000199. The quantitative estimate of drug-likeness (QED) is 0.0508. The Morgan fingerprint density at radius 1 is 0.720 bits per heavy atom. The van der Waals surface area contributed by atoms with Crippen molar-refractivity contribution in [2.75, 3.05) is 26.8 Å². The minimum absolute atomic E-state index is 0.00302. The summed E-state index contributed by atoms with van der Waals surface area (Å²) in [5, 5.41) is 24.7. The number of alkyl halides is 3. The summed E-state index contributed by atoms with van der Waals surface area (Å²) >= 11 is 0. The lowest BCUT2D eigenvalue weighted by molar-refractivity contribution is -0.323. The van der Waals surface area contributed by atoms with Crippen LogP contribution in [-0.2, 0) is 38.5 Å². The predicted octanol–water partition coefficient (Wildman–Crippen LogP) is 6.19. The molecular weight excluding hydrogens is 1000 g/mol. The lowest BCUT2D eigenvalue weighted by atomic mass is 10.0. The van der Waals surface area contributed by atoms with E-state index in [4.69, 9.17) is 18.9 Å². The van der Waals surface area contributed by atoms with Crippen LogP contribution in [0.1, 0.15) is 55.5 Å². The Bertz CT molecular complexity index is 3600. The van der Waals surface area contributed by atoms with Crippen LogP contribution in [0.2, 0.25) is 0 Å². The van der Waals surface area contributed by atoms with Crippen molar-refractivity contribution in [1.82, 2.24) is 29.7 Å². The van der Waals surface area contributed by atoms with Gasteiger partial charge in [-0.1, -0.05) is 54.6 Å². The average molecular weight is 1040 g/mol. The number of nitrogens with zero attached hydrogens (tertiary/aromatic N) is 4. The topological polar surface area (TPSA) is 249 Å². The maximum atomic E-state index is 13.6. The molecule has 0 spiro atoms. The van der Waals surface area contributed by atoms with Crippen LogP contribution in [0.25, 0.3) is 34.5 Å². The number of rotatable bonds is 15. The molecule has 2 aliphatic rings. The number of halogens is 5. The first-order valence-corrected chi connectivity index (χ1v) is 22.3. The number of hydrogen-bond donors (Lipinski definition) is 4. The molecular formula is C51H39F5N6O13. The van der Waals surface area contributed by atoms with Crippen molar-refractivity contribution in [3.8, 4) is 23.0 Å². The zero-order chi connectivity index (χ0) is 53.7. The van der Waals surface area contributed by atoms with Gasteiger partial charge in [-0.15, -0.1) is 13.2 Å². The lowest BCUT2D eigenvalue weighted by Crippen LogP contribution is -2.35. The van der Waals surface area contributed by atoms with Crippen LogP contribution >= 0.6 is 0 Å². The monoisotopic (exact) mass is 1040 g/mol. The van der Waals surface area contributed by atoms with Crippen molar-refractivity contribution in [2.24, 2.45) is 0 Å². The maximum absolute atomic E-state index is 13.6. The molecule has 2 amide bonds. The normalized spacial score (nSPS) is 12.3. The molecule has 4 aromatic heterocycles. The molecule has 4 N–H and O–H groups in total. The van der Waals surface area contributed by atoms with Gasteiger partial charge in [-0.05, 0) is 47.9 Å². The predicted molar refractivity (Wildman–Crippen MR) is 255 cm³/mol. The number of amides is 2. The highest BCUT2D eigenvalue weighted by atomic mass is 19.4. The number of carboxylic acid groups (broad SMARTS) is 1. The molecule has 0 fully saturated rings. The number of aromatic hydroxyl groups is 1. The van der Waals surface area contributed by atoms with Crippen molar-refractivity contribution in [2.45, 2.75) is 32.7 Å². The molecule has 19 nitrogen and oxygen atoms in total. The number of ether oxygens (including phenoxy) is 5. The van der Waals surface area contributed by atoms with Crippen molar-refractivity contribution < 1.29 is 75.0 Å². The van der Waals surface area contributed by atoms with Crippen LogP contribution in [-0.4, -0.2) is 86.2 Å². The highest BCUT2D eigenvalue weighted by Crippen LogP contribution is 2.40. The summed E-state index contributed by atoms with van der Waals surface area (Å²) in [7, 11) is 1.24. The van der Waals surface area contributed by atoms with Gasteiger partial charge in [0.05, 0.1) is 25.6 Å². The van der Waals surface area contributed by atoms with E-state index in [2.05, 4.69) is 25.3 Å².